The number of likely N-dealkylation sites (N-methyl/N-ethyl adjacent to an activating group) is 1. The highest BCUT2D eigenvalue weighted by molar-refractivity contribution is 5.83. The number of Topliss-reactive ketones (excluding diaryl/α,β-unsaturated/α-hetero) is 11. The number of methoxy groups -OCH3 is 1. The second-order valence-corrected chi connectivity index (χ2v) is 62.5. The number of ketones is 11. The Hall–Kier alpha value is -3.79. The second-order valence-electron chi connectivity index (χ2n) is 62.5. The van der Waals surface area contributed by atoms with Crippen molar-refractivity contribution in [3.63, 3.8) is 0 Å². The quantitative estimate of drug-likeness (QED) is 0.0559. The molecule has 0 radical (unpaired) electrons. The summed E-state index contributed by atoms with van der Waals surface area (Å²) in [6, 6.07) is 0. The highest BCUT2D eigenvalue weighted by Gasteiger charge is 2.42. The van der Waals surface area contributed by atoms with Crippen LogP contribution in [0.25, 0.3) is 0 Å². The molecule has 150 heavy (non-hydrogen) atoms. The number of ether oxygens (including phenoxy) is 1. The van der Waals surface area contributed by atoms with Gasteiger partial charge in [-0.2, -0.15) is 0 Å². The number of nitrogens with zero attached hydrogens (tertiary/aromatic N) is 2. The molecule has 0 spiro atoms. The maximum Gasteiger partial charge on any atom is 0.133 e. The van der Waals surface area contributed by atoms with E-state index >= 15 is 0 Å². The van der Waals surface area contributed by atoms with Crippen LogP contribution < -0.4 is 0 Å². The number of unbranched alkanes of at least 4 members (excludes halogenated alkanes) is 1. The topological polar surface area (TPSA) is 224 Å². The van der Waals surface area contributed by atoms with Gasteiger partial charge >= 0.3 is 0 Å². The summed E-state index contributed by atoms with van der Waals surface area (Å²) < 4.78 is 4.93. The third-order valence-electron chi connectivity index (χ3n) is 30.3. The Labute approximate surface area is 931 Å². The van der Waals surface area contributed by atoms with Crippen LogP contribution in [-0.4, -0.2) is 138 Å². The molecule has 0 amide bonds. The van der Waals surface area contributed by atoms with Crippen LogP contribution in [0.15, 0.2) is 0 Å². The molecule has 1 aliphatic heterocycles. The molecule has 884 valence electrons. The summed E-state index contributed by atoms with van der Waals surface area (Å²) in [7, 11) is 3.87. The van der Waals surface area contributed by atoms with E-state index in [4.69, 9.17) is 4.74 Å². The van der Waals surface area contributed by atoms with Gasteiger partial charge in [-0.05, 0) is 286 Å². The molecule has 1 N–H and O–H groups in total. The monoisotopic (exact) mass is 2110 g/mol. The van der Waals surface area contributed by atoms with Crippen molar-refractivity contribution in [1.29, 1.82) is 0 Å². The van der Waals surface area contributed by atoms with E-state index in [-0.39, 0.29) is 44.5 Å². The molecule has 1 heterocycles. The average molecular weight is 2120 g/mol. The second kappa shape index (κ2) is 76.1. The average Bonchev–Trinajstić information content (AvgIpc) is 1.67. The Morgan fingerprint density at radius 2 is 0.607 bits per heavy atom. The fourth-order valence-corrected chi connectivity index (χ4v) is 17.9. The molecule has 8 fully saturated rings. The number of carbonyl (C=O) groups is 11. The summed E-state index contributed by atoms with van der Waals surface area (Å²) in [6.45, 7) is 89.4. The van der Waals surface area contributed by atoms with Gasteiger partial charge in [-0.25, -0.2) is 0 Å². The highest BCUT2D eigenvalue weighted by atomic mass is 16.5. The Morgan fingerprint density at radius 3 is 0.893 bits per heavy atom. The van der Waals surface area contributed by atoms with Crippen LogP contribution in [0.4, 0.5) is 0 Å². The van der Waals surface area contributed by atoms with Crippen molar-refractivity contribution in [2.24, 2.45) is 106 Å². The van der Waals surface area contributed by atoms with Gasteiger partial charge in [0.25, 0.3) is 0 Å². The fourth-order valence-electron chi connectivity index (χ4n) is 17.9. The molecule has 0 aromatic rings. The van der Waals surface area contributed by atoms with Crippen LogP contribution in [-0.2, 0) is 57.5 Å². The molecule has 2 atom stereocenters. The summed E-state index contributed by atoms with van der Waals surface area (Å²) in [5, 5.41) is 9.61. The van der Waals surface area contributed by atoms with Gasteiger partial charge in [0.2, 0.25) is 0 Å². The van der Waals surface area contributed by atoms with Gasteiger partial charge < -0.3 is 19.6 Å². The summed E-state index contributed by atoms with van der Waals surface area (Å²) in [6.07, 6.45) is 58.3. The molecule has 0 bridgehead atoms. The number of aliphatic hydroxyl groups is 1. The smallest absolute Gasteiger partial charge is 0.133 e. The first-order valence-electron chi connectivity index (χ1n) is 61.8. The lowest BCUT2D eigenvalue weighted by atomic mass is 9.86. The Bertz CT molecular complexity index is 3540. The van der Waals surface area contributed by atoms with E-state index in [2.05, 4.69) is 280 Å². The summed E-state index contributed by atoms with van der Waals surface area (Å²) >= 11 is 0. The lowest BCUT2D eigenvalue weighted by Crippen LogP contribution is -2.44. The molecule has 15 heteroatoms. The van der Waals surface area contributed by atoms with Gasteiger partial charge in [0, 0.05) is 181 Å². The first-order chi connectivity index (χ1) is 68.5. The van der Waals surface area contributed by atoms with Crippen LogP contribution in [0.2, 0.25) is 0 Å². The minimum absolute atomic E-state index is 0.186. The van der Waals surface area contributed by atoms with E-state index in [0.29, 0.717) is 120 Å². The third-order valence-corrected chi connectivity index (χ3v) is 30.3. The maximum atomic E-state index is 11.8. The van der Waals surface area contributed by atoms with E-state index in [1.165, 1.54) is 109 Å². The van der Waals surface area contributed by atoms with Gasteiger partial charge in [0.1, 0.15) is 63.6 Å². The minimum atomic E-state index is -0.219. The SMILES string of the molecule is CC(C)(C)CC(=O)CC1CC1.CC(C)(C)CCC(=O)CC1CC1.CC(C)(C)CCC(=O)CC1CCCC1.CC(C)(C)CCC(=O)CC1CCCC1O.CC(C)(C)CCC(=O)CCC(C)(C)C.CC(C)(C)CCC(=O)CCC1(C)CC1.CC(C)CCC(=O)CCC(C)(C)C.CCC1(CC(=O)CCC(C)(C)C)CC1.CCCC(=O)CC1CCCC1.CN1CCN(CCCC(=O)CCC(C)(C)C)CC1.COCCCCC(=O)CCC(C)(C)C. The Balaban J connectivity index is -0.00000159. The molecule has 8 rings (SSSR count). The minimum Gasteiger partial charge on any atom is -0.393 e. The molecule has 2 unspecified atom stereocenters. The predicted molar refractivity (Wildman–Crippen MR) is 643 cm³/mol. The van der Waals surface area contributed by atoms with Crippen molar-refractivity contribution in [3.8, 4) is 0 Å². The largest absolute Gasteiger partial charge is 0.393 e. The zero-order chi connectivity index (χ0) is 116. The zero-order valence-electron chi connectivity index (χ0n) is 108. The van der Waals surface area contributed by atoms with E-state index in [1.54, 1.807) is 7.11 Å². The van der Waals surface area contributed by atoms with Crippen LogP contribution in [0.3, 0.4) is 0 Å². The van der Waals surface area contributed by atoms with E-state index in [1.807, 2.05) is 0 Å². The predicted octanol–water partition coefficient (Wildman–Crippen LogP) is 37.4. The van der Waals surface area contributed by atoms with E-state index in [0.717, 1.165) is 313 Å². The standard InChI is InChI=1S/C15H30N2O.C13H24O2.3C13H24O.C13H26O.C12H24O2.C12H24O.C11H20O.2C10H18O/c1-15(2,3)8-7-14(18)6-5-9-17-12-10-16(4)11-13-17;1-13(2,3)8-7-11(14)9-10-5-4-6-12(10)15;1-12(2,3)7-5-11(14)6-8-13(4)9-10-13;1-13(2,3)9-8-12(14)10-11-6-4-5-7-11;1-5-13(8-9-13)10-11(14)6-7-12(2,3)4;1-12(2,3)9-7-11(14)8-10-13(4,5)6;1-12(2,3)9-8-11(13)7-5-6-10-14-4;1-10(2)6-7-11(13)8-9-12(3,4)5;1-11(2,3)7-6-10(12)8-9-4-5-9;1-10(2,3)7-9(11)6-8-4-5-8;1-2-5-10(11)8-9-6-3-4-7-9/h5-13H2,1-4H3;10,12,15H,4-9H2,1-3H3;5-10H2,1-4H3;11H,4-10H2,1-3H3;5-10H2,1-4H3;7-10H2,1-6H3;5-10H2,1-4H3;10H,6-9H2,1-5H3;9H,4-8H2,1-3H3;8H,4-7H2,1-3H3;9H,2-8H2,1H3. The van der Waals surface area contributed by atoms with Gasteiger partial charge in [0.05, 0.1) is 6.10 Å². The zero-order valence-corrected chi connectivity index (χ0v) is 108. The van der Waals surface area contributed by atoms with Crippen molar-refractivity contribution in [1.82, 2.24) is 9.80 Å². The molecule has 7 saturated carbocycles. The molecule has 1 saturated heterocycles. The van der Waals surface area contributed by atoms with Crippen molar-refractivity contribution in [2.45, 2.75) is 642 Å². The third kappa shape index (κ3) is 108. The molecule has 7 aliphatic carbocycles. The number of rotatable bonds is 51. The molecule has 0 aromatic carbocycles. The number of aliphatic hydroxyl groups excluding tert-OH is 1. The summed E-state index contributed by atoms with van der Waals surface area (Å²) in [4.78, 5) is 131. The van der Waals surface area contributed by atoms with Crippen LogP contribution in [0.5, 0.6) is 0 Å². The number of hydrogen-bond donors (Lipinski definition) is 1. The summed E-state index contributed by atoms with van der Waals surface area (Å²) in [5.74, 6) is 8.78. The lowest BCUT2D eigenvalue weighted by Gasteiger charge is -2.32. The number of piperazine rings is 1. The Kier molecular flexibility index (Phi) is 76.3. The van der Waals surface area contributed by atoms with Crippen LogP contribution in [0, 0.1) is 106 Å². The van der Waals surface area contributed by atoms with Crippen LogP contribution in [0.1, 0.15) is 636 Å². The van der Waals surface area contributed by atoms with Gasteiger partial charge in [-0.1, -0.05) is 327 Å². The van der Waals surface area contributed by atoms with E-state index < -0.39 is 0 Å². The van der Waals surface area contributed by atoms with Crippen molar-refractivity contribution in [2.75, 3.05) is 53.5 Å². The normalized spacial score (nSPS) is 17.9. The van der Waals surface area contributed by atoms with Crippen molar-refractivity contribution < 1.29 is 62.6 Å². The first-order valence-corrected chi connectivity index (χ1v) is 61.8. The van der Waals surface area contributed by atoms with E-state index in [9.17, 15) is 57.8 Å². The first kappa shape index (κ1) is 150. The maximum absolute atomic E-state index is 11.8. The van der Waals surface area contributed by atoms with Crippen molar-refractivity contribution >= 4 is 63.6 Å². The van der Waals surface area contributed by atoms with Gasteiger partial charge in [-0.15, -0.1) is 0 Å². The number of hydrogen-bond acceptors (Lipinski definition) is 15. The Morgan fingerprint density at radius 1 is 0.313 bits per heavy atom. The van der Waals surface area contributed by atoms with Crippen LogP contribution >= 0.6 is 0 Å². The molecule has 15 nitrogen and oxygen atoms in total. The van der Waals surface area contributed by atoms with Gasteiger partial charge in [-0.3, -0.25) is 52.7 Å². The number of carbonyl (C=O) groups excluding carboxylic acids is 11. The fraction of sp³-hybridized carbons (Fsp3) is 0.919. The molecule has 8 aliphatic rings. The van der Waals surface area contributed by atoms with Gasteiger partial charge in [0.15, 0.2) is 0 Å². The molecular formula is C135H256N2O13. The summed E-state index contributed by atoms with van der Waals surface area (Å²) in [5.41, 5.74) is 4.09. The lowest BCUT2D eigenvalue weighted by molar-refractivity contribution is -0.121. The van der Waals surface area contributed by atoms with Crippen molar-refractivity contribution in [3.05, 3.63) is 0 Å². The molecular weight excluding hydrogens is 1860 g/mol. The molecule has 0 aromatic heterocycles. The highest BCUT2D eigenvalue weighted by Crippen LogP contribution is 2.52.